The molecule has 1 aromatic heterocycles. The minimum absolute atomic E-state index is 0.582. The zero-order valence-corrected chi connectivity index (χ0v) is 19.4. The Hall–Kier alpha value is -2.61. The number of rotatable bonds is 9. The molecule has 1 N–H and O–H groups in total. The average Bonchev–Trinajstić information content (AvgIpc) is 3.24. The number of hydrogen-bond donors (Lipinski definition) is 1. The second-order valence-corrected chi connectivity index (χ2v) is 8.84. The maximum Gasteiger partial charge on any atom is 0.217 e. The summed E-state index contributed by atoms with van der Waals surface area (Å²) in [5, 5.41) is 10.9. The van der Waals surface area contributed by atoms with Gasteiger partial charge >= 0.3 is 0 Å². The van der Waals surface area contributed by atoms with Gasteiger partial charge in [-0.25, -0.2) is 0 Å². The van der Waals surface area contributed by atoms with E-state index in [4.69, 9.17) is 13.8 Å². The van der Waals surface area contributed by atoms with E-state index in [0.29, 0.717) is 12.4 Å². The van der Waals surface area contributed by atoms with E-state index in [1.54, 1.807) is 29.8 Å². The molecule has 2 aliphatic rings. The highest BCUT2D eigenvalue weighted by Gasteiger charge is 2.20. The topological polar surface area (TPSA) is 58.1 Å². The van der Waals surface area contributed by atoms with Crippen molar-refractivity contribution >= 4 is 27.4 Å². The summed E-state index contributed by atoms with van der Waals surface area (Å²) in [6.07, 6.45) is 8.08. The highest BCUT2D eigenvalue weighted by molar-refractivity contribution is 7.13. The molecule has 1 atom stereocenters. The van der Waals surface area contributed by atoms with Crippen molar-refractivity contribution in [3.05, 3.63) is 72.2 Å². The van der Waals surface area contributed by atoms with Gasteiger partial charge in [0.15, 0.2) is 0 Å². The summed E-state index contributed by atoms with van der Waals surface area (Å²) in [7, 11) is 0. The van der Waals surface area contributed by atoms with Crippen LogP contribution in [0.25, 0.3) is 10.1 Å². The summed E-state index contributed by atoms with van der Waals surface area (Å²) in [5.74, 6) is 2.49. The third-order valence-corrected chi connectivity index (χ3v) is 6.57. The van der Waals surface area contributed by atoms with Crippen molar-refractivity contribution in [2.24, 2.45) is 0 Å². The molecule has 1 saturated heterocycles. The first-order valence-electron chi connectivity index (χ1n) is 11.2. The number of aromatic nitrogens is 1. The van der Waals surface area contributed by atoms with Gasteiger partial charge in [0.05, 0.1) is 17.1 Å². The van der Waals surface area contributed by atoms with E-state index in [0.717, 1.165) is 62.7 Å². The van der Waals surface area contributed by atoms with E-state index >= 15 is 0 Å². The second-order valence-electron chi connectivity index (χ2n) is 8.03. The Bertz CT molecular complexity index is 1020. The molecule has 3 heterocycles. The molecule has 0 saturated carbocycles. The summed E-state index contributed by atoms with van der Waals surface area (Å²) in [6, 6.07) is 8.48. The van der Waals surface area contributed by atoms with Crippen LogP contribution in [0.4, 0.5) is 5.82 Å². The molecule has 1 aromatic carbocycles. The number of hydrogen-bond acceptors (Lipinski definition) is 7. The number of nitrogens with zero attached hydrogens (tertiary/aromatic N) is 3. The van der Waals surface area contributed by atoms with Crippen LogP contribution >= 0.6 is 11.5 Å². The molecule has 170 valence electrons. The van der Waals surface area contributed by atoms with E-state index in [-0.39, 0.29) is 0 Å². The van der Waals surface area contributed by atoms with E-state index in [2.05, 4.69) is 40.6 Å². The highest BCUT2D eigenvalue weighted by atomic mass is 32.1. The van der Waals surface area contributed by atoms with Crippen molar-refractivity contribution in [1.29, 1.82) is 0 Å². The first kappa shape index (κ1) is 22.6. The standard InChI is InChI=1S/C25H31N3O3S/c1-3-20-10-11-24(29)31-22(20)18-19(2)30-17-7-6-12-27-13-15-28(16-14-27)25-21-8-4-5-9-23(21)32-26-25/h3-5,8-11,18,24,29H,1,6-7,12-17H2,2H3/b19-18+/t24-/m1/s1. The molecule has 32 heavy (non-hydrogen) atoms. The smallest absolute Gasteiger partial charge is 0.217 e. The SMILES string of the molecule is C=CC1=C(/C=C(\C)OCCCCN2CCN(c3nsc4ccccc34)CC2)O[C@@H](O)C=C1. The number of anilines is 1. The van der Waals surface area contributed by atoms with Gasteiger partial charge in [-0.15, -0.1) is 0 Å². The van der Waals surface area contributed by atoms with Gasteiger partial charge in [-0.1, -0.05) is 24.8 Å². The quantitative estimate of drug-likeness (QED) is 0.447. The molecular weight excluding hydrogens is 422 g/mol. The van der Waals surface area contributed by atoms with Crippen molar-refractivity contribution in [3.8, 4) is 0 Å². The first-order valence-corrected chi connectivity index (χ1v) is 11.9. The molecule has 0 unspecified atom stereocenters. The van der Waals surface area contributed by atoms with E-state index in [9.17, 15) is 5.11 Å². The number of aliphatic hydroxyl groups is 1. The monoisotopic (exact) mass is 453 g/mol. The van der Waals surface area contributed by atoms with Crippen LogP contribution in [-0.2, 0) is 9.47 Å². The molecule has 2 aromatic rings. The lowest BCUT2D eigenvalue weighted by Gasteiger charge is -2.35. The Balaban J connectivity index is 1.16. The van der Waals surface area contributed by atoms with E-state index in [1.165, 1.54) is 10.1 Å². The minimum atomic E-state index is -0.924. The van der Waals surface area contributed by atoms with Crippen molar-refractivity contribution in [3.63, 3.8) is 0 Å². The first-order chi connectivity index (χ1) is 15.6. The lowest BCUT2D eigenvalue weighted by molar-refractivity contribution is -0.0254. The van der Waals surface area contributed by atoms with Gasteiger partial charge in [-0.2, -0.15) is 4.37 Å². The Morgan fingerprint density at radius 1 is 1.28 bits per heavy atom. The normalized spacial score (nSPS) is 20.0. The maximum absolute atomic E-state index is 9.63. The van der Waals surface area contributed by atoms with Crippen LogP contribution < -0.4 is 4.90 Å². The van der Waals surface area contributed by atoms with E-state index < -0.39 is 6.29 Å². The molecule has 0 amide bonds. The van der Waals surface area contributed by atoms with Gasteiger partial charge in [0.1, 0.15) is 11.6 Å². The van der Waals surface area contributed by atoms with Crippen LogP contribution in [0.3, 0.4) is 0 Å². The summed E-state index contributed by atoms with van der Waals surface area (Å²) in [4.78, 5) is 4.94. The second kappa shape index (κ2) is 10.8. The number of unbranched alkanes of at least 4 members (excludes halogenated alkanes) is 1. The predicted molar refractivity (Wildman–Crippen MR) is 131 cm³/mol. The fourth-order valence-corrected chi connectivity index (χ4v) is 4.77. The molecule has 2 aliphatic heterocycles. The van der Waals surface area contributed by atoms with E-state index in [1.807, 2.05) is 13.0 Å². The van der Waals surface area contributed by atoms with Gasteiger partial charge < -0.3 is 19.5 Å². The fraction of sp³-hybridized carbons (Fsp3) is 0.400. The fourth-order valence-electron chi connectivity index (χ4n) is 3.97. The lowest BCUT2D eigenvalue weighted by atomic mass is 10.1. The Morgan fingerprint density at radius 3 is 2.91 bits per heavy atom. The van der Waals surface area contributed by atoms with Crippen LogP contribution in [0, 0.1) is 0 Å². The zero-order chi connectivity index (χ0) is 22.3. The molecule has 0 radical (unpaired) electrons. The largest absolute Gasteiger partial charge is 0.498 e. The highest BCUT2D eigenvalue weighted by Crippen LogP contribution is 2.29. The van der Waals surface area contributed by atoms with Crippen LogP contribution in [0.2, 0.25) is 0 Å². The molecule has 7 heteroatoms. The minimum Gasteiger partial charge on any atom is -0.498 e. The summed E-state index contributed by atoms with van der Waals surface area (Å²) >= 11 is 1.59. The number of allylic oxidation sites excluding steroid dienone is 5. The molecule has 4 rings (SSSR count). The number of benzene rings is 1. The average molecular weight is 454 g/mol. The number of piperazine rings is 1. The Morgan fingerprint density at radius 2 is 2.09 bits per heavy atom. The maximum atomic E-state index is 9.63. The van der Waals surface area contributed by atoms with Crippen LogP contribution in [-0.4, -0.2) is 60.0 Å². The van der Waals surface area contributed by atoms with Crippen molar-refractivity contribution in [1.82, 2.24) is 9.27 Å². The predicted octanol–water partition coefficient (Wildman–Crippen LogP) is 4.46. The lowest BCUT2D eigenvalue weighted by Crippen LogP contribution is -2.46. The third-order valence-electron chi connectivity index (χ3n) is 5.76. The van der Waals surface area contributed by atoms with Crippen molar-refractivity contribution in [2.75, 3.05) is 44.2 Å². The molecule has 0 spiro atoms. The van der Waals surface area contributed by atoms with Gasteiger partial charge in [-0.3, -0.25) is 4.90 Å². The third kappa shape index (κ3) is 5.59. The summed E-state index contributed by atoms with van der Waals surface area (Å²) < 4.78 is 17.2. The molecule has 1 fully saturated rings. The van der Waals surface area contributed by atoms with Crippen LogP contribution in [0.5, 0.6) is 0 Å². The number of fused-ring (bicyclic) bond motifs is 1. The molecular formula is C25H31N3O3S. The van der Waals surface area contributed by atoms with Crippen molar-refractivity contribution < 1.29 is 14.6 Å². The Labute approximate surface area is 193 Å². The number of ether oxygens (including phenoxy) is 2. The van der Waals surface area contributed by atoms with Gasteiger partial charge in [-0.05, 0) is 62.1 Å². The van der Waals surface area contributed by atoms with Crippen molar-refractivity contribution in [2.45, 2.75) is 26.1 Å². The molecule has 6 nitrogen and oxygen atoms in total. The van der Waals surface area contributed by atoms with Gasteiger partial charge in [0.2, 0.25) is 6.29 Å². The summed E-state index contributed by atoms with van der Waals surface area (Å²) in [5.41, 5.74) is 0.836. The molecule has 0 bridgehead atoms. The summed E-state index contributed by atoms with van der Waals surface area (Å²) in [6.45, 7) is 11.6. The van der Waals surface area contributed by atoms with Crippen LogP contribution in [0.15, 0.2) is 72.2 Å². The Kier molecular flexibility index (Phi) is 7.63. The van der Waals surface area contributed by atoms with Gasteiger partial charge in [0.25, 0.3) is 0 Å². The number of aliphatic hydroxyl groups excluding tert-OH is 1. The van der Waals surface area contributed by atoms with Gasteiger partial charge in [0, 0.05) is 43.2 Å². The molecule has 0 aliphatic carbocycles. The zero-order valence-electron chi connectivity index (χ0n) is 18.6. The van der Waals surface area contributed by atoms with Crippen LogP contribution in [0.1, 0.15) is 19.8 Å².